The van der Waals surface area contributed by atoms with Gasteiger partial charge in [-0.25, -0.2) is 12.8 Å². The van der Waals surface area contributed by atoms with Gasteiger partial charge in [-0.05, 0) is 56.3 Å². The van der Waals surface area contributed by atoms with E-state index in [0.717, 1.165) is 32.1 Å². The first kappa shape index (κ1) is 22.8. The Bertz CT molecular complexity index is 755. The van der Waals surface area contributed by atoms with Gasteiger partial charge < -0.3 is 10.2 Å². The second-order valence-corrected chi connectivity index (χ2v) is 9.65. The molecule has 0 spiro atoms. The van der Waals surface area contributed by atoms with Gasteiger partial charge in [-0.15, -0.1) is 0 Å². The van der Waals surface area contributed by atoms with Crippen molar-refractivity contribution >= 4 is 15.9 Å². The average molecular weight is 414 g/mol. The summed E-state index contributed by atoms with van der Waals surface area (Å²) >= 11 is 0. The van der Waals surface area contributed by atoms with Crippen LogP contribution in [0.3, 0.4) is 0 Å². The highest BCUT2D eigenvalue weighted by molar-refractivity contribution is 7.89. The van der Waals surface area contributed by atoms with Crippen LogP contribution in [-0.4, -0.2) is 51.4 Å². The maximum absolute atomic E-state index is 13.9. The number of benzene rings is 1. The molecule has 0 aromatic heterocycles. The smallest absolute Gasteiger partial charge is 0.244 e. The second-order valence-electron chi connectivity index (χ2n) is 7.97. The Morgan fingerprint density at radius 1 is 1.32 bits per heavy atom. The Labute approximate surface area is 167 Å². The van der Waals surface area contributed by atoms with Gasteiger partial charge in [0.1, 0.15) is 16.8 Å². The number of carbonyl (C=O) groups excluding carboxylic acids is 1. The molecule has 1 unspecified atom stereocenters. The zero-order chi connectivity index (χ0) is 20.7. The van der Waals surface area contributed by atoms with E-state index in [1.807, 2.05) is 0 Å². The molecule has 2 N–H and O–H groups in total. The molecule has 0 saturated carbocycles. The molecule has 8 heteroatoms. The van der Waals surface area contributed by atoms with E-state index < -0.39 is 26.8 Å². The number of sulfonamides is 1. The van der Waals surface area contributed by atoms with Crippen LogP contribution in [0.25, 0.3) is 0 Å². The van der Waals surface area contributed by atoms with Gasteiger partial charge in [0.05, 0.1) is 0 Å². The van der Waals surface area contributed by atoms with Crippen LogP contribution in [0.1, 0.15) is 40.0 Å². The van der Waals surface area contributed by atoms with Crippen molar-refractivity contribution < 1.29 is 17.6 Å². The van der Waals surface area contributed by atoms with E-state index in [4.69, 9.17) is 0 Å². The quantitative estimate of drug-likeness (QED) is 0.609. The number of nitrogens with one attached hydrogen (secondary N) is 2. The molecule has 1 amide bonds. The summed E-state index contributed by atoms with van der Waals surface area (Å²) in [5, 5.41) is 2.82. The number of likely N-dealkylation sites (tertiary alicyclic amines) is 1. The number of halogens is 1. The topological polar surface area (TPSA) is 78.5 Å². The van der Waals surface area contributed by atoms with Crippen molar-refractivity contribution in [3.05, 3.63) is 30.1 Å². The SMILES string of the molecule is CC1CCCN(CCCNC(=O)[C@@H](NS(=O)(=O)c2ccccc2F)C(C)C)C1. The van der Waals surface area contributed by atoms with Crippen LogP contribution >= 0.6 is 0 Å². The number of hydrogen-bond acceptors (Lipinski definition) is 4. The molecule has 1 aromatic carbocycles. The zero-order valence-electron chi connectivity index (χ0n) is 16.9. The van der Waals surface area contributed by atoms with Crippen molar-refractivity contribution in [1.82, 2.24) is 14.9 Å². The number of carbonyl (C=O) groups is 1. The van der Waals surface area contributed by atoms with Crippen molar-refractivity contribution in [3.63, 3.8) is 0 Å². The van der Waals surface area contributed by atoms with E-state index in [9.17, 15) is 17.6 Å². The van der Waals surface area contributed by atoms with E-state index in [0.29, 0.717) is 12.5 Å². The molecule has 1 aromatic rings. The Hall–Kier alpha value is -1.51. The van der Waals surface area contributed by atoms with Crippen molar-refractivity contribution in [2.24, 2.45) is 11.8 Å². The first-order chi connectivity index (χ1) is 13.2. The van der Waals surface area contributed by atoms with Crippen LogP contribution in [-0.2, 0) is 14.8 Å². The molecule has 1 aliphatic rings. The minimum absolute atomic E-state index is 0.274. The Morgan fingerprint density at radius 3 is 2.68 bits per heavy atom. The third-order valence-corrected chi connectivity index (χ3v) is 6.52. The van der Waals surface area contributed by atoms with Crippen molar-refractivity contribution in [2.45, 2.75) is 51.0 Å². The molecule has 1 fully saturated rings. The molecule has 2 rings (SSSR count). The lowest BCUT2D eigenvalue weighted by Crippen LogP contribution is -2.50. The lowest BCUT2D eigenvalue weighted by Gasteiger charge is -2.30. The zero-order valence-corrected chi connectivity index (χ0v) is 17.8. The Balaban J connectivity index is 1.88. The number of nitrogens with zero attached hydrogens (tertiary/aromatic N) is 1. The van der Waals surface area contributed by atoms with Gasteiger partial charge in [-0.2, -0.15) is 4.72 Å². The summed E-state index contributed by atoms with van der Waals surface area (Å²) in [6.45, 7) is 9.34. The largest absolute Gasteiger partial charge is 0.355 e. The van der Waals surface area contributed by atoms with E-state index in [2.05, 4.69) is 21.9 Å². The standard InChI is InChI=1S/C20H32FN3O3S/c1-15(2)19(23-28(26,27)18-10-5-4-9-17(18)21)20(25)22-11-7-13-24-12-6-8-16(3)14-24/h4-5,9-10,15-16,19,23H,6-8,11-14H2,1-3H3,(H,22,25)/t16?,19-/m0/s1. The minimum Gasteiger partial charge on any atom is -0.355 e. The van der Waals surface area contributed by atoms with Gasteiger partial charge in [0.25, 0.3) is 0 Å². The third kappa shape index (κ3) is 6.53. The molecule has 2 atom stereocenters. The van der Waals surface area contributed by atoms with E-state index in [1.54, 1.807) is 13.8 Å². The molecule has 0 radical (unpaired) electrons. The van der Waals surface area contributed by atoms with E-state index in [-0.39, 0.29) is 11.8 Å². The normalized spacial score (nSPS) is 19.5. The molecular formula is C20H32FN3O3S. The van der Waals surface area contributed by atoms with Gasteiger partial charge >= 0.3 is 0 Å². The predicted octanol–water partition coefficient (Wildman–Crippen LogP) is 2.37. The molecule has 1 saturated heterocycles. The second kappa shape index (κ2) is 10.3. The number of piperidine rings is 1. The molecule has 0 aliphatic carbocycles. The molecule has 1 aliphatic heterocycles. The van der Waals surface area contributed by atoms with Crippen LogP contribution < -0.4 is 10.0 Å². The average Bonchev–Trinajstić information content (AvgIpc) is 2.63. The molecular weight excluding hydrogens is 381 g/mol. The van der Waals surface area contributed by atoms with Gasteiger partial charge in [0, 0.05) is 13.1 Å². The third-order valence-electron chi connectivity index (χ3n) is 5.05. The van der Waals surface area contributed by atoms with Crippen LogP contribution in [0.2, 0.25) is 0 Å². The van der Waals surface area contributed by atoms with Crippen LogP contribution in [0.5, 0.6) is 0 Å². The molecule has 158 valence electrons. The van der Waals surface area contributed by atoms with Crippen molar-refractivity contribution in [3.8, 4) is 0 Å². The molecule has 6 nitrogen and oxygen atoms in total. The van der Waals surface area contributed by atoms with Gasteiger partial charge in [0.2, 0.25) is 15.9 Å². The fraction of sp³-hybridized carbons (Fsp3) is 0.650. The summed E-state index contributed by atoms with van der Waals surface area (Å²) in [6, 6.07) is 4.18. The van der Waals surface area contributed by atoms with Crippen molar-refractivity contribution in [2.75, 3.05) is 26.2 Å². The summed E-state index contributed by atoms with van der Waals surface area (Å²) in [7, 11) is -4.13. The summed E-state index contributed by atoms with van der Waals surface area (Å²) in [6.07, 6.45) is 3.29. The highest BCUT2D eigenvalue weighted by atomic mass is 32.2. The van der Waals surface area contributed by atoms with Crippen molar-refractivity contribution in [1.29, 1.82) is 0 Å². The molecule has 0 bridgehead atoms. The highest BCUT2D eigenvalue weighted by Crippen LogP contribution is 2.16. The van der Waals surface area contributed by atoms with Gasteiger partial charge in [-0.3, -0.25) is 4.79 Å². The predicted molar refractivity (Wildman–Crippen MR) is 108 cm³/mol. The lowest BCUT2D eigenvalue weighted by molar-refractivity contribution is -0.123. The molecule has 28 heavy (non-hydrogen) atoms. The lowest BCUT2D eigenvalue weighted by atomic mass is 10.0. The summed E-state index contributed by atoms with van der Waals surface area (Å²) in [5.74, 6) is -0.790. The Kier molecular flexibility index (Phi) is 8.39. The van der Waals surface area contributed by atoms with Crippen LogP contribution in [0.15, 0.2) is 29.2 Å². The summed E-state index contributed by atoms with van der Waals surface area (Å²) in [5.41, 5.74) is 0. The summed E-state index contributed by atoms with van der Waals surface area (Å²) < 4.78 is 41.2. The minimum atomic E-state index is -4.13. The maximum Gasteiger partial charge on any atom is 0.244 e. The fourth-order valence-corrected chi connectivity index (χ4v) is 4.92. The number of amides is 1. The van der Waals surface area contributed by atoms with Gasteiger partial charge in [0.15, 0.2) is 0 Å². The number of rotatable bonds is 9. The Morgan fingerprint density at radius 2 is 2.04 bits per heavy atom. The monoisotopic (exact) mass is 413 g/mol. The fourth-order valence-electron chi connectivity index (χ4n) is 3.50. The first-order valence-electron chi connectivity index (χ1n) is 9.97. The van der Waals surface area contributed by atoms with Crippen LogP contribution in [0, 0.1) is 17.7 Å². The van der Waals surface area contributed by atoms with E-state index >= 15 is 0 Å². The highest BCUT2D eigenvalue weighted by Gasteiger charge is 2.29. The maximum atomic E-state index is 13.9. The van der Waals surface area contributed by atoms with E-state index in [1.165, 1.54) is 31.0 Å². The molecule has 1 heterocycles. The van der Waals surface area contributed by atoms with Gasteiger partial charge in [-0.1, -0.05) is 32.9 Å². The van der Waals surface area contributed by atoms with Crippen LogP contribution in [0.4, 0.5) is 4.39 Å². The first-order valence-corrected chi connectivity index (χ1v) is 11.5. The number of hydrogen-bond donors (Lipinski definition) is 2. The summed E-state index contributed by atoms with van der Waals surface area (Å²) in [4.78, 5) is 14.5.